The molecule has 0 radical (unpaired) electrons. The first-order chi connectivity index (χ1) is 19.0. The molecule has 1 fully saturated rings. The molecule has 1 aromatic rings. The highest BCUT2D eigenvalue weighted by molar-refractivity contribution is 5.40. The van der Waals surface area contributed by atoms with Crippen molar-refractivity contribution in [3.05, 3.63) is 5.82 Å². The lowest BCUT2D eigenvalue weighted by molar-refractivity contribution is 0.115. The Bertz CT molecular complexity index is 779. The maximum Gasteiger partial charge on any atom is 0.230 e. The Kier molecular flexibility index (Phi) is 14.1. The highest BCUT2D eigenvalue weighted by Crippen LogP contribution is 2.35. The van der Waals surface area contributed by atoms with Crippen LogP contribution in [-0.4, -0.2) is 58.3 Å². The summed E-state index contributed by atoms with van der Waals surface area (Å²) in [5.41, 5.74) is -0.129. The molecule has 2 N–H and O–H groups in total. The zero-order valence-corrected chi connectivity index (χ0v) is 28.1. The van der Waals surface area contributed by atoms with Crippen LogP contribution in [0.2, 0.25) is 0 Å². The van der Waals surface area contributed by atoms with Gasteiger partial charge < -0.3 is 20.4 Å². The van der Waals surface area contributed by atoms with Crippen LogP contribution in [0.3, 0.4) is 0 Å². The van der Waals surface area contributed by atoms with Gasteiger partial charge in [0.2, 0.25) is 11.9 Å². The molecule has 0 bridgehead atoms. The Balaban J connectivity index is 2.63. The number of nitrogens with one attached hydrogen (secondary N) is 2. The highest BCUT2D eigenvalue weighted by atomic mass is 15.3. The summed E-state index contributed by atoms with van der Waals surface area (Å²) in [5, 5.41) is 8.03. The zero-order valence-electron chi connectivity index (χ0n) is 28.1. The van der Waals surface area contributed by atoms with Crippen molar-refractivity contribution in [1.29, 1.82) is 0 Å². The van der Waals surface area contributed by atoms with Crippen molar-refractivity contribution in [2.45, 2.75) is 169 Å². The van der Waals surface area contributed by atoms with Crippen molar-refractivity contribution in [3.63, 3.8) is 0 Å². The minimum absolute atomic E-state index is 0.0796. The molecule has 0 saturated carbocycles. The predicted octanol–water partition coefficient (Wildman–Crippen LogP) is 7.60. The van der Waals surface area contributed by atoms with Crippen LogP contribution >= 0.6 is 0 Å². The number of nitrogens with zero attached hydrogens (tertiary/aromatic N) is 5. The first-order valence-corrected chi connectivity index (χ1v) is 16.8. The van der Waals surface area contributed by atoms with Crippen molar-refractivity contribution >= 4 is 11.9 Å². The molecule has 0 spiro atoms. The van der Waals surface area contributed by atoms with Crippen LogP contribution in [0.4, 0.5) is 11.9 Å². The Morgan fingerprint density at radius 1 is 0.675 bits per heavy atom. The number of rotatable bonds is 19. The third-order valence-corrected chi connectivity index (χ3v) is 8.61. The topological polar surface area (TPSA) is 69.2 Å². The molecule has 0 atom stereocenters. The minimum atomic E-state index is -0.289. The molecule has 1 saturated heterocycles. The van der Waals surface area contributed by atoms with E-state index in [1.54, 1.807) is 0 Å². The molecule has 1 aliphatic heterocycles. The van der Waals surface area contributed by atoms with Gasteiger partial charge in [0.15, 0.2) is 5.82 Å². The normalized spacial score (nSPS) is 17.2. The van der Waals surface area contributed by atoms with Crippen LogP contribution in [0.5, 0.6) is 0 Å². The second-order valence-corrected chi connectivity index (χ2v) is 13.6. The molecule has 2 rings (SSSR count). The lowest BCUT2D eigenvalue weighted by atomic mass is 9.78. The number of aromatic nitrogens is 3. The fourth-order valence-corrected chi connectivity index (χ4v) is 6.52. The first kappa shape index (κ1) is 34.7. The Morgan fingerprint density at radius 3 is 1.38 bits per heavy atom. The van der Waals surface area contributed by atoms with Crippen LogP contribution in [-0.2, 0) is 5.54 Å². The molecule has 0 aromatic carbocycles. The van der Waals surface area contributed by atoms with Gasteiger partial charge in [0.1, 0.15) is 0 Å². The molecular formula is C33H65N7. The van der Waals surface area contributed by atoms with E-state index < -0.39 is 0 Å². The van der Waals surface area contributed by atoms with E-state index in [1.165, 1.54) is 25.7 Å². The molecule has 1 aromatic heterocycles. The predicted molar refractivity (Wildman–Crippen MR) is 174 cm³/mol. The molecule has 7 nitrogen and oxygen atoms in total. The molecule has 40 heavy (non-hydrogen) atoms. The number of anilines is 2. The molecule has 232 valence electrons. The maximum atomic E-state index is 5.33. The van der Waals surface area contributed by atoms with E-state index in [-0.39, 0.29) is 16.6 Å². The summed E-state index contributed by atoms with van der Waals surface area (Å²) in [4.78, 5) is 20.8. The van der Waals surface area contributed by atoms with Crippen molar-refractivity contribution in [2.75, 3.05) is 36.0 Å². The fraction of sp³-hybridized carbons (Fsp3) is 0.909. The van der Waals surface area contributed by atoms with Gasteiger partial charge in [0.25, 0.3) is 0 Å². The van der Waals surface area contributed by atoms with E-state index in [1.807, 2.05) is 0 Å². The quantitative estimate of drug-likeness (QED) is 0.181. The minimum Gasteiger partial charge on any atom is -0.341 e. The summed E-state index contributed by atoms with van der Waals surface area (Å²) in [7, 11) is 0. The second-order valence-electron chi connectivity index (χ2n) is 13.6. The summed E-state index contributed by atoms with van der Waals surface area (Å²) in [5.74, 6) is 2.68. The van der Waals surface area contributed by atoms with Crippen LogP contribution in [0.1, 0.15) is 152 Å². The highest BCUT2D eigenvalue weighted by Gasteiger charge is 2.42. The zero-order chi connectivity index (χ0) is 29.8. The third kappa shape index (κ3) is 10.1. The fourth-order valence-electron chi connectivity index (χ4n) is 6.52. The molecule has 0 aliphatic carbocycles. The third-order valence-electron chi connectivity index (χ3n) is 8.61. The van der Waals surface area contributed by atoms with Crippen LogP contribution in [0.25, 0.3) is 0 Å². The summed E-state index contributed by atoms with van der Waals surface area (Å²) in [6.45, 7) is 27.0. The van der Waals surface area contributed by atoms with Gasteiger partial charge in [-0.25, -0.2) is 0 Å². The smallest absolute Gasteiger partial charge is 0.230 e. The number of hydrogen-bond donors (Lipinski definition) is 2. The molecular weight excluding hydrogens is 494 g/mol. The molecule has 7 heteroatoms. The summed E-state index contributed by atoms with van der Waals surface area (Å²) in [6.07, 6.45) is 13.4. The SMILES string of the molecule is CCCCN(CCCC)c1nc(N(CCCC)CCCC)nc(C(CC)(CC)NC2CC(C)(C)NC(C)(C)C2)n1. The first-order valence-electron chi connectivity index (χ1n) is 16.8. The number of hydrogen-bond acceptors (Lipinski definition) is 7. The van der Waals surface area contributed by atoms with Crippen LogP contribution < -0.4 is 20.4 Å². The average molecular weight is 560 g/mol. The molecule has 1 aliphatic rings. The van der Waals surface area contributed by atoms with Crippen molar-refractivity contribution in [1.82, 2.24) is 25.6 Å². The Hall–Kier alpha value is -1.47. The average Bonchev–Trinajstić information content (AvgIpc) is 2.90. The van der Waals surface area contributed by atoms with Crippen LogP contribution in [0.15, 0.2) is 0 Å². The van der Waals surface area contributed by atoms with Gasteiger partial charge in [-0.3, -0.25) is 0 Å². The summed E-state index contributed by atoms with van der Waals surface area (Å²) < 4.78 is 0. The van der Waals surface area contributed by atoms with Gasteiger partial charge in [-0.05, 0) is 79.1 Å². The molecule has 0 amide bonds. The van der Waals surface area contributed by atoms with Gasteiger partial charge in [-0.2, -0.15) is 15.0 Å². The lowest BCUT2D eigenvalue weighted by Crippen LogP contribution is -2.64. The summed E-state index contributed by atoms with van der Waals surface area (Å²) >= 11 is 0. The Morgan fingerprint density at radius 2 is 1.05 bits per heavy atom. The van der Waals surface area contributed by atoms with Gasteiger partial charge in [0.05, 0.1) is 5.54 Å². The maximum absolute atomic E-state index is 5.33. The van der Waals surface area contributed by atoms with Gasteiger partial charge in [-0.15, -0.1) is 0 Å². The number of unbranched alkanes of at least 4 members (excludes halogenated alkanes) is 4. The van der Waals surface area contributed by atoms with E-state index in [9.17, 15) is 0 Å². The molecule has 0 unspecified atom stereocenters. The van der Waals surface area contributed by atoms with Crippen molar-refractivity contribution in [2.24, 2.45) is 0 Å². The lowest BCUT2D eigenvalue weighted by Gasteiger charge is -2.49. The van der Waals surface area contributed by atoms with E-state index in [2.05, 4.69) is 89.7 Å². The monoisotopic (exact) mass is 560 g/mol. The summed E-state index contributed by atoms with van der Waals surface area (Å²) in [6, 6.07) is 0.391. The van der Waals surface area contributed by atoms with Crippen molar-refractivity contribution in [3.8, 4) is 0 Å². The second kappa shape index (κ2) is 16.2. The standard InChI is InChI=1S/C33H65N7/c1-11-17-21-39(22-18-12-2)29-34-28(35-30(36-29)40(23-19-13-3)24-20-14-4)33(15-5,16-6)37-27-25-31(7,8)38-32(9,10)26-27/h27,37-38H,11-26H2,1-10H3. The largest absolute Gasteiger partial charge is 0.341 e. The van der Waals surface area contributed by atoms with Crippen LogP contribution in [0, 0.1) is 0 Å². The van der Waals surface area contributed by atoms with Gasteiger partial charge in [-0.1, -0.05) is 67.2 Å². The van der Waals surface area contributed by atoms with Gasteiger partial charge >= 0.3 is 0 Å². The van der Waals surface area contributed by atoms with Gasteiger partial charge in [0, 0.05) is 43.3 Å². The van der Waals surface area contributed by atoms with E-state index in [0.717, 1.165) is 95.3 Å². The number of piperidine rings is 1. The van der Waals surface area contributed by atoms with E-state index >= 15 is 0 Å². The van der Waals surface area contributed by atoms with Crippen molar-refractivity contribution < 1.29 is 0 Å². The molecule has 2 heterocycles. The van der Waals surface area contributed by atoms with E-state index in [4.69, 9.17) is 15.0 Å². The Labute approximate surface area is 248 Å². The van der Waals surface area contributed by atoms with E-state index in [0.29, 0.717) is 6.04 Å².